The Balaban J connectivity index is 2.22. The third-order valence-electron chi connectivity index (χ3n) is 1.87. The number of hydrogen-bond acceptors (Lipinski definition) is 2. The van der Waals surface area contributed by atoms with E-state index in [9.17, 15) is 0 Å². The van der Waals surface area contributed by atoms with Crippen molar-refractivity contribution in [3.05, 3.63) is 0 Å². The lowest BCUT2D eigenvalue weighted by Crippen LogP contribution is -2.36. The molecule has 0 aromatic rings. The fraction of sp³-hybridized carbons (Fsp3) is 1.00. The summed E-state index contributed by atoms with van der Waals surface area (Å²) in [5, 5.41) is 2.33. The number of nitrogens with one attached hydrogen (secondary N) is 1. The Kier molecular flexibility index (Phi) is 2.49. The Morgan fingerprint density at radius 1 is 1.67 bits per heavy atom. The summed E-state index contributed by atoms with van der Waals surface area (Å²) in [6.07, 6.45) is 2.55. The zero-order valence-corrected chi connectivity index (χ0v) is 6.35. The van der Waals surface area contributed by atoms with Crippen molar-refractivity contribution in [3.8, 4) is 0 Å². The van der Waals surface area contributed by atoms with Gasteiger partial charge in [-0.05, 0) is 19.8 Å². The summed E-state index contributed by atoms with van der Waals surface area (Å²) < 4.78 is 0. The maximum absolute atomic E-state index is 3.34. The number of hydrazine groups is 1. The Morgan fingerprint density at radius 2 is 2.44 bits per heavy atom. The van der Waals surface area contributed by atoms with Crippen molar-refractivity contribution in [3.63, 3.8) is 0 Å². The van der Waals surface area contributed by atoms with Gasteiger partial charge in [-0.25, -0.2) is 5.01 Å². The van der Waals surface area contributed by atoms with Gasteiger partial charge in [0.1, 0.15) is 0 Å². The SMILES string of the molecule is CCCN1NCCC1C. The molecule has 0 aromatic carbocycles. The van der Waals surface area contributed by atoms with Gasteiger partial charge in [0.25, 0.3) is 0 Å². The quantitative estimate of drug-likeness (QED) is 0.596. The Labute approximate surface area is 57.2 Å². The van der Waals surface area contributed by atoms with Crippen LogP contribution in [0.4, 0.5) is 0 Å². The van der Waals surface area contributed by atoms with E-state index < -0.39 is 0 Å². The highest BCUT2D eigenvalue weighted by Gasteiger charge is 2.17. The highest BCUT2D eigenvalue weighted by molar-refractivity contribution is 4.70. The van der Waals surface area contributed by atoms with Crippen LogP contribution in [0.25, 0.3) is 0 Å². The molecule has 1 atom stereocenters. The lowest BCUT2D eigenvalue weighted by molar-refractivity contribution is 0.199. The third kappa shape index (κ3) is 1.66. The van der Waals surface area contributed by atoms with Gasteiger partial charge in [0.05, 0.1) is 0 Å². The molecular weight excluding hydrogens is 112 g/mol. The molecule has 1 saturated heterocycles. The first kappa shape index (κ1) is 7.03. The summed E-state index contributed by atoms with van der Waals surface area (Å²) in [4.78, 5) is 0. The van der Waals surface area contributed by atoms with Crippen LogP contribution in [0.5, 0.6) is 0 Å². The summed E-state index contributed by atoms with van der Waals surface area (Å²) in [6, 6.07) is 0.755. The van der Waals surface area contributed by atoms with E-state index in [-0.39, 0.29) is 0 Å². The van der Waals surface area contributed by atoms with Crippen molar-refractivity contribution in [2.75, 3.05) is 13.1 Å². The second-order valence-corrected chi connectivity index (χ2v) is 2.74. The van der Waals surface area contributed by atoms with E-state index in [2.05, 4.69) is 24.3 Å². The Hall–Kier alpha value is -0.0800. The van der Waals surface area contributed by atoms with Gasteiger partial charge in [0.15, 0.2) is 0 Å². The molecule has 1 rings (SSSR count). The number of hydrogen-bond donors (Lipinski definition) is 1. The van der Waals surface area contributed by atoms with Crippen LogP contribution in [0.1, 0.15) is 26.7 Å². The van der Waals surface area contributed by atoms with Gasteiger partial charge < -0.3 is 0 Å². The molecule has 54 valence electrons. The number of nitrogens with zero attached hydrogens (tertiary/aromatic N) is 1. The molecule has 1 aliphatic rings. The average molecular weight is 128 g/mol. The molecule has 0 aliphatic carbocycles. The van der Waals surface area contributed by atoms with E-state index in [1.807, 2.05) is 0 Å². The molecule has 2 nitrogen and oxygen atoms in total. The van der Waals surface area contributed by atoms with Crippen LogP contribution in [0.15, 0.2) is 0 Å². The van der Waals surface area contributed by atoms with Gasteiger partial charge in [-0.2, -0.15) is 0 Å². The largest absolute Gasteiger partial charge is 0.255 e. The second kappa shape index (κ2) is 3.18. The molecule has 0 bridgehead atoms. The van der Waals surface area contributed by atoms with Crippen LogP contribution in [-0.2, 0) is 0 Å². The molecule has 0 aromatic heterocycles. The predicted molar refractivity (Wildman–Crippen MR) is 39.1 cm³/mol. The first-order chi connectivity index (χ1) is 4.34. The van der Waals surface area contributed by atoms with Gasteiger partial charge in [-0.15, -0.1) is 0 Å². The molecule has 1 heterocycles. The van der Waals surface area contributed by atoms with Crippen LogP contribution in [0.3, 0.4) is 0 Å². The summed E-state index contributed by atoms with van der Waals surface area (Å²) in [6.45, 7) is 6.85. The smallest absolute Gasteiger partial charge is 0.0227 e. The van der Waals surface area contributed by atoms with Crippen LogP contribution in [0, 0.1) is 0 Å². The summed E-state index contributed by atoms with van der Waals surface area (Å²) in [5.74, 6) is 0. The van der Waals surface area contributed by atoms with Crippen LogP contribution >= 0.6 is 0 Å². The predicted octanol–water partition coefficient (Wildman–Crippen LogP) is 0.995. The van der Waals surface area contributed by atoms with Gasteiger partial charge in [-0.1, -0.05) is 6.92 Å². The molecule has 1 aliphatic heterocycles. The zero-order chi connectivity index (χ0) is 6.69. The van der Waals surface area contributed by atoms with Gasteiger partial charge >= 0.3 is 0 Å². The van der Waals surface area contributed by atoms with Crippen molar-refractivity contribution < 1.29 is 0 Å². The lowest BCUT2D eigenvalue weighted by Gasteiger charge is -2.19. The molecule has 0 spiro atoms. The molecule has 0 amide bonds. The fourth-order valence-electron chi connectivity index (χ4n) is 1.27. The molecule has 0 saturated carbocycles. The standard InChI is InChI=1S/C7H16N2/c1-3-6-9-7(2)4-5-8-9/h7-8H,3-6H2,1-2H3. The number of rotatable bonds is 2. The van der Waals surface area contributed by atoms with E-state index in [1.54, 1.807) is 0 Å². The molecule has 2 heteroatoms. The van der Waals surface area contributed by atoms with Gasteiger partial charge in [0, 0.05) is 19.1 Å². The van der Waals surface area contributed by atoms with Crippen molar-refractivity contribution in [1.29, 1.82) is 0 Å². The van der Waals surface area contributed by atoms with Crippen molar-refractivity contribution >= 4 is 0 Å². The van der Waals surface area contributed by atoms with Crippen molar-refractivity contribution in [2.45, 2.75) is 32.7 Å². The zero-order valence-electron chi connectivity index (χ0n) is 6.35. The van der Waals surface area contributed by atoms with Crippen molar-refractivity contribution in [2.24, 2.45) is 0 Å². The van der Waals surface area contributed by atoms with E-state index >= 15 is 0 Å². The maximum Gasteiger partial charge on any atom is 0.0227 e. The molecule has 9 heavy (non-hydrogen) atoms. The van der Waals surface area contributed by atoms with Gasteiger partial charge in [0.2, 0.25) is 0 Å². The second-order valence-electron chi connectivity index (χ2n) is 2.74. The molecule has 1 N–H and O–H groups in total. The Bertz CT molecular complexity index is 83.0. The topological polar surface area (TPSA) is 15.3 Å². The molecular formula is C7H16N2. The van der Waals surface area contributed by atoms with E-state index in [0.717, 1.165) is 6.04 Å². The third-order valence-corrected chi connectivity index (χ3v) is 1.87. The first-order valence-electron chi connectivity index (χ1n) is 3.84. The minimum atomic E-state index is 0.755. The van der Waals surface area contributed by atoms with Gasteiger partial charge in [-0.3, -0.25) is 5.43 Å². The summed E-state index contributed by atoms with van der Waals surface area (Å²) >= 11 is 0. The fourth-order valence-corrected chi connectivity index (χ4v) is 1.27. The van der Waals surface area contributed by atoms with Crippen LogP contribution in [0.2, 0.25) is 0 Å². The van der Waals surface area contributed by atoms with Crippen LogP contribution in [-0.4, -0.2) is 24.1 Å². The van der Waals surface area contributed by atoms with Crippen LogP contribution < -0.4 is 5.43 Å². The van der Waals surface area contributed by atoms with E-state index in [0.29, 0.717) is 0 Å². The van der Waals surface area contributed by atoms with E-state index in [1.165, 1.54) is 25.9 Å². The minimum absolute atomic E-state index is 0.755. The Morgan fingerprint density at radius 3 is 2.89 bits per heavy atom. The first-order valence-corrected chi connectivity index (χ1v) is 3.84. The lowest BCUT2D eigenvalue weighted by atomic mass is 10.2. The van der Waals surface area contributed by atoms with E-state index in [4.69, 9.17) is 0 Å². The molecule has 1 unspecified atom stereocenters. The normalized spacial score (nSPS) is 29.3. The maximum atomic E-state index is 3.34. The molecule has 0 radical (unpaired) electrons. The summed E-state index contributed by atoms with van der Waals surface area (Å²) in [7, 11) is 0. The minimum Gasteiger partial charge on any atom is -0.255 e. The highest BCUT2D eigenvalue weighted by atomic mass is 15.5. The van der Waals surface area contributed by atoms with Crippen molar-refractivity contribution in [1.82, 2.24) is 10.4 Å². The molecule has 1 fully saturated rings. The monoisotopic (exact) mass is 128 g/mol. The summed E-state index contributed by atoms with van der Waals surface area (Å²) in [5.41, 5.74) is 3.34. The highest BCUT2D eigenvalue weighted by Crippen LogP contribution is 2.06. The average Bonchev–Trinajstić information content (AvgIpc) is 2.18.